The van der Waals surface area contributed by atoms with Gasteiger partial charge in [0.05, 0.1) is 17.0 Å². The van der Waals surface area contributed by atoms with Crippen molar-refractivity contribution in [1.82, 2.24) is 14.8 Å². The van der Waals surface area contributed by atoms with E-state index in [-0.39, 0.29) is 17.3 Å². The number of pyridine rings is 1. The molecule has 2 aromatic heterocycles. The summed E-state index contributed by atoms with van der Waals surface area (Å²) >= 11 is 0. The van der Waals surface area contributed by atoms with Crippen LogP contribution in [-0.4, -0.2) is 20.5 Å². The Bertz CT molecular complexity index is 977. The van der Waals surface area contributed by atoms with Crippen LogP contribution in [0.1, 0.15) is 38.4 Å². The molecule has 2 aliphatic carbocycles. The lowest BCUT2D eigenvalue weighted by Gasteiger charge is -2.49. The van der Waals surface area contributed by atoms with E-state index < -0.39 is 10.8 Å². The number of aryl methyl sites for hydroxylation is 1. The SMILES string of the molecule is Cn1nc2c(c1-c1ccncc1)CCC1C(C)(C)C(=O)C(C#N)=C[C@]21C. The van der Waals surface area contributed by atoms with Crippen molar-refractivity contribution in [3.05, 3.63) is 47.4 Å². The zero-order valence-electron chi connectivity index (χ0n) is 15.6. The average molecular weight is 346 g/mol. The summed E-state index contributed by atoms with van der Waals surface area (Å²) < 4.78 is 1.93. The normalized spacial score (nSPS) is 26.5. The number of hydrogen-bond acceptors (Lipinski definition) is 4. The van der Waals surface area contributed by atoms with Gasteiger partial charge in [0, 0.05) is 41.4 Å². The summed E-state index contributed by atoms with van der Waals surface area (Å²) in [6, 6.07) is 6.11. The van der Waals surface area contributed by atoms with Crippen molar-refractivity contribution < 1.29 is 4.79 Å². The molecule has 0 bridgehead atoms. The highest BCUT2D eigenvalue weighted by molar-refractivity contribution is 6.04. The lowest BCUT2D eigenvalue weighted by Crippen LogP contribution is -2.51. The molecular weight excluding hydrogens is 324 g/mol. The molecule has 0 saturated carbocycles. The van der Waals surface area contributed by atoms with E-state index in [1.807, 2.05) is 43.8 Å². The molecule has 2 heterocycles. The largest absolute Gasteiger partial charge is 0.293 e. The fourth-order valence-electron chi connectivity index (χ4n) is 5.10. The maximum atomic E-state index is 12.8. The van der Waals surface area contributed by atoms with Gasteiger partial charge in [-0.25, -0.2) is 0 Å². The van der Waals surface area contributed by atoms with Crippen LogP contribution in [0.25, 0.3) is 11.3 Å². The molecule has 0 fully saturated rings. The molecule has 132 valence electrons. The fourth-order valence-corrected chi connectivity index (χ4v) is 5.10. The number of Topliss-reactive ketones (excluding diaryl/α,β-unsaturated/α-hetero) is 1. The minimum Gasteiger partial charge on any atom is -0.293 e. The van der Waals surface area contributed by atoms with Crippen molar-refractivity contribution in [3.63, 3.8) is 0 Å². The third kappa shape index (κ3) is 2.05. The van der Waals surface area contributed by atoms with E-state index in [0.29, 0.717) is 0 Å². The van der Waals surface area contributed by atoms with Crippen molar-refractivity contribution in [2.75, 3.05) is 0 Å². The molecule has 0 radical (unpaired) electrons. The number of hydrogen-bond donors (Lipinski definition) is 0. The Morgan fingerprint density at radius 2 is 1.96 bits per heavy atom. The number of ketones is 1. The smallest absolute Gasteiger partial charge is 0.178 e. The van der Waals surface area contributed by atoms with Crippen LogP contribution in [-0.2, 0) is 23.7 Å². The molecule has 1 unspecified atom stereocenters. The first-order valence-electron chi connectivity index (χ1n) is 8.95. The Hall–Kier alpha value is -2.74. The van der Waals surface area contributed by atoms with Crippen molar-refractivity contribution in [2.45, 2.75) is 39.0 Å². The second kappa shape index (κ2) is 5.38. The molecule has 0 amide bonds. The van der Waals surface area contributed by atoms with Crippen LogP contribution in [0.4, 0.5) is 0 Å². The molecule has 26 heavy (non-hydrogen) atoms. The number of carbonyl (C=O) groups excluding carboxylic acids is 1. The highest BCUT2D eigenvalue weighted by Gasteiger charge is 2.55. The quantitative estimate of drug-likeness (QED) is 0.794. The molecule has 5 heteroatoms. The van der Waals surface area contributed by atoms with E-state index in [9.17, 15) is 10.1 Å². The van der Waals surface area contributed by atoms with Gasteiger partial charge in [0.2, 0.25) is 0 Å². The number of rotatable bonds is 1. The van der Waals surface area contributed by atoms with Crippen LogP contribution in [0.2, 0.25) is 0 Å². The Kier molecular flexibility index (Phi) is 3.46. The van der Waals surface area contributed by atoms with Gasteiger partial charge >= 0.3 is 0 Å². The van der Waals surface area contributed by atoms with E-state index >= 15 is 0 Å². The van der Waals surface area contributed by atoms with Gasteiger partial charge in [0.25, 0.3) is 0 Å². The maximum absolute atomic E-state index is 12.8. The monoisotopic (exact) mass is 346 g/mol. The van der Waals surface area contributed by atoms with E-state index in [4.69, 9.17) is 5.10 Å². The van der Waals surface area contributed by atoms with Crippen molar-refractivity contribution in [3.8, 4) is 17.3 Å². The highest BCUT2D eigenvalue weighted by atomic mass is 16.1. The number of aromatic nitrogens is 3. The molecule has 4 rings (SSSR count). The van der Waals surface area contributed by atoms with Gasteiger partial charge in [-0.05, 0) is 30.9 Å². The summed E-state index contributed by atoms with van der Waals surface area (Å²) in [5.41, 5.74) is 3.68. The van der Waals surface area contributed by atoms with Crippen molar-refractivity contribution >= 4 is 5.78 Å². The molecule has 0 aliphatic heterocycles. The predicted octanol–water partition coefficient (Wildman–Crippen LogP) is 3.36. The molecule has 0 aromatic carbocycles. The third-order valence-electron chi connectivity index (χ3n) is 6.28. The van der Waals surface area contributed by atoms with Crippen LogP contribution < -0.4 is 0 Å². The standard InChI is InChI=1S/C21H22N4O/c1-20(2)16-6-5-15-17(13-7-9-23-10-8-13)25(4)24-18(15)21(16,3)11-14(12-22)19(20)26/h7-11,16H,5-6H2,1-4H3/t16?,21-/m0/s1. The zero-order valence-corrected chi connectivity index (χ0v) is 15.6. The zero-order chi connectivity index (χ0) is 18.7. The first-order valence-corrected chi connectivity index (χ1v) is 8.95. The Morgan fingerprint density at radius 1 is 1.27 bits per heavy atom. The molecule has 5 nitrogen and oxygen atoms in total. The first kappa shape index (κ1) is 16.7. The van der Waals surface area contributed by atoms with E-state index in [1.165, 1.54) is 5.56 Å². The van der Waals surface area contributed by atoms with Crippen molar-refractivity contribution in [2.24, 2.45) is 18.4 Å². The topological polar surface area (TPSA) is 71.6 Å². The van der Waals surface area contributed by atoms with Gasteiger partial charge in [-0.15, -0.1) is 0 Å². The van der Waals surface area contributed by atoms with Gasteiger partial charge in [0.15, 0.2) is 5.78 Å². The second-order valence-corrected chi connectivity index (χ2v) is 8.13. The number of allylic oxidation sites excluding steroid dienone is 2. The second-order valence-electron chi connectivity index (χ2n) is 8.13. The molecule has 0 saturated heterocycles. The van der Waals surface area contributed by atoms with Crippen LogP contribution in [0.5, 0.6) is 0 Å². The molecular formula is C21H22N4O. The average Bonchev–Trinajstić information content (AvgIpc) is 2.96. The summed E-state index contributed by atoms with van der Waals surface area (Å²) in [6.07, 6.45) is 7.23. The van der Waals surface area contributed by atoms with E-state index in [2.05, 4.69) is 18.0 Å². The van der Waals surface area contributed by atoms with Gasteiger partial charge < -0.3 is 0 Å². The van der Waals surface area contributed by atoms with E-state index in [1.54, 1.807) is 12.4 Å². The Labute approximate surface area is 153 Å². The summed E-state index contributed by atoms with van der Waals surface area (Å²) in [5, 5.41) is 14.4. The lowest BCUT2D eigenvalue weighted by molar-refractivity contribution is -0.128. The lowest BCUT2D eigenvalue weighted by atomic mass is 9.52. The summed E-state index contributed by atoms with van der Waals surface area (Å²) in [4.78, 5) is 16.9. The van der Waals surface area contributed by atoms with E-state index in [0.717, 1.165) is 29.8 Å². The van der Waals surface area contributed by atoms with Crippen LogP contribution in [0, 0.1) is 22.7 Å². The van der Waals surface area contributed by atoms with Crippen LogP contribution >= 0.6 is 0 Å². The molecule has 2 aliphatic rings. The number of nitriles is 1. The van der Waals surface area contributed by atoms with Gasteiger partial charge in [-0.3, -0.25) is 14.5 Å². The minimum atomic E-state index is -0.569. The molecule has 2 atom stereocenters. The number of nitrogens with zero attached hydrogens (tertiary/aromatic N) is 4. The maximum Gasteiger partial charge on any atom is 0.178 e. The van der Waals surface area contributed by atoms with Crippen molar-refractivity contribution in [1.29, 1.82) is 5.26 Å². The number of carbonyl (C=O) groups is 1. The summed E-state index contributed by atoms with van der Waals surface area (Å²) in [7, 11) is 1.96. The molecule has 2 aromatic rings. The Balaban J connectivity index is 1.97. The van der Waals surface area contributed by atoms with Gasteiger partial charge in [-0.2, -0.15) is 10.4 Å². The predicted molar refractivity (Wildman–Crippen MR) is 98.1 cm³/mol. The van der Waals surface area contributed by atoms with Crippen LogP contribution in [0.15, 0.2) is 36.2 Å². The number of fused-ring (bicyclic) bond motifs is 3. The molecule has 0 N–H and O–H groups in total. The minimum absolute atomic E-state index is 0.0452. The highest BCUT2D eigenvalue weighted by Crippen LogP contribution is 2.55. The van der Waals surface area contributed by atoms with Crippen LogP contribution in [0.3, 0.4) is 0 Å². The van der Waals surface area contributed by atoms with Gasteiger partial charge in [0.1, 0.15) is 6.07 Å². The molecule has 0 spiro atoms. The Morgan fingerprint density at radius 3 is 2.62 bits per heavy atom. The summed E-state index contributed by atoms with van der Waals surface area (Å²) in [6.45, 7) is 6.07. The fraction of sp³-hybridized carbons (Fsp3) is 0.429. The first-order chi connectivity index (χ1) is 12.3. The van der Waals surface area contributed by atoms with Gasteiger partial charge in [-0.1, -0.05) is 26.8 Å². The summed E-state index contributed by atoms with van der Waals surface area (Å²) in [5.74, 6) is 0.0866. The third-order valence-corrected chi connectivity index (χ3v) is 6.28.